The van der Waals surface area contributed by atoms with Gasteiger partial charge in [-0.2, -0.15) is 0 Å². The standard InChI is InChI=1S/C21H23ClFN3O3/c1-14(27)24-19(15-2-4-16(22)5-3-15)13-21(28)25-17-6-7-20(18(23)12-17)26-8-10-29-11-9-26/h2-7,12,19H,8-11,13H2,1H3,(H,24,27)(H,25,28). The Morgan fingerprint density at radius 3 is 2.48 bits per heavy atom. The van der Waals surface area contributed by atoms with Crippen molar-refractivity contribution >= 4 is 34.8 Å². The summed E-state index contributed by atoms with van der Waals surface area (Å²) in [6.45, 7) is 3.77. The second-order valence-corrected chi connectivity index (χ2v) is 7.26. The van der Waals surface area contributed by atoms with E-state index in [4.69, 9.17) is 16.3 Å². The quantitative estimate of drug-likeness (QED) is 0.751. The average Bonchev–Trinajstić information content (AvgIpc) is 2.68. The van der Waals surface area contributed by atoms with E-state index in [9.17, 15) is 14.0 Å². The molecular formula is C21H23ClFN3O3. The molecule has 0 aromatic heterocycles. The zero-order valence-corrected chi connectivity index (χ0v) is 16.8. The number of hydrogen-bond acceptors (Lipinski definition) is 4. The van der Waals surface area contributed by atoms with Crippen LogP contribution in [0.2, 0.25) is 5.02 Å². The van der Waals surface area contributed by atoms with Crippen molar-refractivity contribution in [3.63, 3.8) is 0 Å². The third-order valence-corrected chi connectivity index (χ3v) is 4.87. The van der Waals surface area contributed by atoms with E-state index in [1.165, 1.54) is 13.0 Å². The van der Waals surface area contributed by atoms with E-state index in [2.05, 4.69) is 10.6 Å². The van der Waals surface area contributed by atoms with Gasteiger partial charge in [-0.25, -0.2) is 4.39 Å². The lowest BCUT2D eigenvalue weighted by Crippen LogP contribution is -2.36. The van der Waals surface area contributed by atoms with E-state index < -0.39 is 11.9 Å². The first-order chi connectivity index (χ1) is 13.9. The van der Waals surface area contributed by atoms with Gasteiger partial charge in [-0.3, -0.25) is 9.59 Å². The summed E-state index contributed by atoms with van der Waals surface area (Å²) in [4.78, 5) is 26.0. The third-order valence-electron chi connectivity index (χ3n) is 4.62. The maximum atomic E-state index is 14.5. The number of anilines is 2. The number of nitrogens with zero attached hydrogens (tertiary/aromatic N) is 1. The molecule has 0 aliphatic carbocycles. The van der Waals surface area contributed by atoms with E-state index in [1.807, 2.05) is 4.90 Å². The molecule has 29 heavy (non-hydrogen) atoms. The number of nitrogens with one attached hydrogen (secondary N) is 2. The number of hydrogen-bond donors (Lipinski definition) is 2. The molecule has 2 amide bonds. The van der Waals surface area contributed by atoms with Gasteiger partial charge in [0.25, 0.3) is 0 Å². The largest absolute Gasteiger partial charge is 0.378 e. The Hall–Kier alpha value is -2.64. The summed E-state index contributed by atoms with van der Waals surface area (Å²) < 4.78 is 19.8. The van der Waals surface area contributed by atoms with Gasteiger partial charge >= 0.3 is 0 Å². The van der Waals surface area contributed by atoms with Crippen LogP contribution < -0.4 is 15.5 Å². The van der Waals surface area contributed by atoms with Crippen LogP contribution in [0.5, 0.6) is 0 Å². The van der Waals surface area contributed by atoms with Gasteiger partial charge in [0.1, 0.15) is 5.82 Å². The molecule has 0 bridgehead atoms. The molecule has 6 nitrogen and oxygen atoms in total. The third kappa shape index (κ3) is 5.92. The molecule has 1 fully saturated rings. The summed E-state index contributed by atoms with van der Waals surface area (Å²) in [5.74, 6) is -0.989. The summed E-state index contributed by atoms with van der Waals surface area (Å²) >= 11 is 5.91. The first kappa shape index (κ1) is 21.1. The number of ether oxygens (including phenoxy) is 1. The number of amides is 2. The van der Waals surface area contributed by atoms with Crippen LogP contribution in [-0.2, 0) is 14.3 Å². The zero-order chi connectivity index (χ0) is 20.8. The minimum absolute atomic E-state index is 0.00798. The van der Waals surface area contributed by atoms with Gasteiger partial charge in [0.2, 0.25) is 11.8 Å². The average molecular weight is 420 g/mol. The Morgan fingerprint density at radius 1 is 1.17 bits per heavy atom. The maximum absolute atomic E-state index is 14.5. The summed E-state index contributed by atoms with van der Waals surface area (Å²) in [5, 5.41) is 6.02. The highest BCUT2D eigenvalue weighted by molar-refractivity contribution is 6.30. The van der Waals surface area contributed by atoms with Crippen molar-refractivity contribution in [2.75, 3.05) is 36.5 Å². The smallest absolute Gasteiger partial charge is 0.226 e. The number of halogens is 2. The highest BCUT2D eigenvalue weighted by Crippen LogP contribution is 2.25. The molecule has 1 aliphatic heterocycles. The Kier molecular flexibility index (Phi) is 7.06. The summed E-state index contributed by atoms with van der Waals surface area (Å²) in [6.07, 6.45) is 0.00798. The normalized spacial score (nSPS) is 14.9. The second kappa shape index (κ2) is 9.71. The Labute approximate surface area is 174 Å². The van der Waals surface area contributed by atoms with Crippen molar-refractivity contribution in [1.29, 1.82) is 0 Å². The van der Waals surface area contributed by atoms with Gasteiger partial charge in [0.15, 0.2) is 0 Å². The van der Waals surface area contributed by atoms with Crippen LogP contribution in [0.4, 0.5) is 15.8 Å². The Morgan fingerprint density at radius 2 is 1.86 bits per heavy atom. The first-order valence-corrected chi connectivity index (χ1v) is 9.75. The molecule has 0 spiro atoms. The van der Waals surface area contributed by atoms with Crippen molar-refractivity contribution in [2.45, 2.75) is 19.4 Å². The molecule has 154 valence electrons. The lowest BCUT2D eigenvalue weighted by atomic mass is 10.0. The van der Waals surface area contributed by atoms with Crippen molar-refractivity contribution < 1.29 is 18.7 Å². The summed E-state index contributed by atoms with van der Waals surface area (Å²) in [6, 6.07) is 11.0. The number of benzene rings is 2. The van der Waals surface area contributed by atoms with Crippen LogP contribution in [0.1, 0.15) is 24.9 Å². The molecule has 1 unspecified atom stereocenters. The molecular weight excluding hydrogens is 397 g/mol. The molecule has 8 heteroatoms. The molecule has 2 aromatic carbocycles. The minimum atomic E-state index is -0.512. The second-order valence-electron chi connectivity index (χ2n) is 6.82. The zero-order valence-electron chi connectivity index (χ0n) is 16.1. The van der Waals surface area contributed by atoms with E-state index in [1.54, 1.807) is 36.4 Å². The first-order valence-electron chi connectivity index (χ1n) is 9.37. The molecule has 0 saturated carbocycles. The predicted octanol–water partition coefficient (Wildman–Crippen LogP) is 3.52. The van der Waals surface area contributed by atoms with Gasteiger partial charge in [0, 0.05) is 30.7 Å². The van der Waals surface area contributed by atoms with Crippen molar-refractivity contribution in [1.82, 2.24) is 5.32 Å². The fraction of sp³-hybridized carbons (Fsp3) is 0.333. The van der Waals surface area contributed by atoms with Crippen LogP contribution in [-0.4, -0.2) is 38.1 Å². The lowest BCUT2D eigenvalue weighted by Gasteiger charge is -2.29. The van der Waals surface area contributed by atoms with E-state index in [-0.39, 0.29) is 18.2 Å². The summed E-state index contributed by atoms with van der Waals surface area (Å²) in [5.41, 5.74) is 1.61. The molecule has 1 aliphatic rings. The van der Waals surface area contributed by atoms with Gasteiger partial charge in [-0.1, -0.05) is 23.7 Å². The molecule has 3 rings (SSSR count). The van der Waals surface area contributed by atoms with Gasteiger partial charge in [0.05, 0.1) is 31.4 Å². The molecule has 1 saturated heterocycles. The topological polar surface area (TPSA) is 70.7 Å². The fourth-order valence-corrected chi connectivity index (χ4v) is 3.36. The van der Waals surface area contributed by atoms with E-state index >= 15 is 0 Å². The molecule has 2 N–H and O–H groups in total. The minimum Gasteiger partial charge on any atom is -0.378 e. The molecule has 0 radical (unpaired) electrons. The van der Waals surface area contributed by atoms with Crippen LogP contribution in [0.15, 0.2) is 42.5 Å². The van der Waals surface area contributed by atoms with Crippen LogP contribution >= 0.6 is 11.6 Å². The molecule has 1 atom stereocenters. The lowest BCUT2D eigenvalue weighted by molar-refractivity contribution is -0.120. The van der Waals surface area contributed by atoms with Crippen LogP contribution in [0, 0.1) is 5.82 Å². The number of morpholine rings is 1. The van der Waals surface area contributed by atoms with Gasteiger partial charge in [-0.15, -0.1) is 0 Å². The number of carbonyl (C=O) groups is 2. The number of rotatable bonds is 6. The number of carbonyl (C=O) groups excluding carboxylic acids is 2. The van der Waals surface area contributed by atoms with Gasteiger partial charge in [-0.05, 0) is 35.9 Å². The fourth-order valence-electron chi connectivity index (χ4n) is 3.24. The van der Waals surface area contributed by atoms with Crippen molar-refractivity contribution in [2.24, 2.45) is 0 Å². The highest BCUT2D eigenvalue weighted by atomic mass is 35.5. The SMILES string of the molecule is CC(=O)NC(CC(=O)Nc1ccc(N2CCOCC2)c(F)c1)c1ccc(Cl)cc1. The van der Waals surface area contributed by atoms with Crippen molar-refractivity contribution in [3.8, 4) is 0 Å². The van der Waals surface area contributed by atoms with Crippen molar-refractivity contribution in [3.05, 3.63) is 58.9 Å². The van der Waals surface area contributed by atoms with Crippen LogP contribution in [0.25, 0.3) is 0 Å². The van der Waals surface area contributed by atoms with Crippen LogP contribution in [0.3, 0.4) is 0 Å². The summed E-state index contributed by atoms with van der Waals surface area (Å²) in [7, 11) is 0. The predicted molar refractivity (Wildman–Crippen MR) is 111 cm³/mol. The monoisotopic (exact) mass is 419 g/mol. The molecule has 2 aromatic rings. The van der Waals surface area contributed by atoms with E-state index in [0.717, 1.165) is 5.56 Å². The molecule has 1 heterocycles. The van der Waals surface area contributed by atoms with E-state index in [0.29, 0.717) is 42.7 Å². The Bertz CT molecular complexity index is 870. The maximum Gasteiger partial charge on any atom is 0.226 e. The Balaban J connectivity index is 1.67. The highest BCUT2D eigenvalue weighted by Gasteiger charge is 2.19. The van der Waals surface area contributed by atoms with Gasteiger partial charge < -0.3 is 20.3 Å².